The molecular formula is C19H29N3OS. The van der Waals surface area contributed by atoms with E-state index in [4.69, 9.17) is 0 Å². The number of aryl methyl sites for hydroxylation is 2. The lowest BCUT2D eigenvalue weighted by Gasteiger charge is -2.32. The highest BCUT2D eigenvalue weighted by Crippen LogP contribution is 2.34. The van der Waals surface area contributed by atoms with Crippen LogP contribution in [0.5, 0.6) is 0 Å². The molecule has 0 N–H and O–H groups in total. The zero-order chi connectivity index (χ0) is 17.3. The smallest absolute Gasteiger partial charge is 0.262 e. The second kappa shape index (κ2) is 7.36. The lowest BCUT2D eigenvalue weighted by molar-refractivity contribution is 0.201. The average molecular weight is 348 g/mol. The van der Waals surface area contributed by atoms with E-state index >= 15 is 0 Å². The van der Waals surface area contributed by atoms with Gasteiger partial charge in [0.05, 0.1) is 11.7 Å². The van der Waals surface area contributed by atoms with Crippen molar-refractivity contribution >= 4 is 21.6 Å². The van der Waals surface area contributed by atoms with Crippen molar-refractivity contribution in [1.82, 2.24) is 14.5 Å². The number of nitrogens with zero attached hydrogens (tertiary/aromatic N) is 3. The van der Waals surface area contributed by atoms with Crippen LogP contribution in [0.15, 0.2) is 11.1 Å². The van der Waals surface area contributed by atoms with Crippen molar-refractivity contribution in [3.05, 3.63) is 27.1 Å². The average Bonchev–Trinajstić information content (AvgIpc) is 2.91. The van der Waals surface area contributed by atoms with Crippen molar-refractivity contribution in [3.63, 3.8) is 0 Å². The van der Waals surface area contributed by atoms with E-state index in [2.05, 4.69) is 37.7 Å². The van der Waals surface area contributed by atoms with Gasteiger partial charge in [-0.3, -0.25) is 9.36 Å². The predicted octanol–water partition coefficient (Wildman–Crippen LogP) is 3.70. The molecule has 0 unspecified atom stereocenters. The summed E-state index contributed by atoms with van der Waals surface area (Å²) in [5.74, 6) is 0.686. The summed E-state index contributed by atoms with van der Waals surface area (Å²) >= 11 is 1.74. The molecule has 3 rings (SSSR count). The molecule has 132 valence electrons. The Kier molecular flexibility index (Phi) is 5.40. The van der Waals surface area contributed by atoms with Gasteiger partial charge in [-0.05, 0) is 44.2 Å². The van der Waals surface area contributed by atoms with Crippen LogP contribution in [0, 0.1) is 5.92 Å². The third kappa shape index (κ3) is 3.42. The van der Waals surface area contributed by atoms with Gasteiger partial charge in [0.2, 0.25) is 0 Å². The number of hydrogen-bond donors (Lipinski definition) is 0. The Labute approximate surface area is 148 Å². The lowest BCUT2D eigenvalue weighted by atomic mass is 9.92. The largest absolute Gasteiger partial charge is 0.303 e. The number of unbranched alkanes of at least 4 members (excludes halogenated alkanes) is 1. The molecule has 0 amide bonds. The van der Waals surface area contributed by atoms with Gasteiger partial charge in [0.15, 0.2) is 0 Å². The third-order valence-corrected chi connectivity index (χ3v) is 6.20. The Bertz CT molecular complexity index is 762. The summed E-state index contributed by atoms with van der Waals surface area (Å²) in [7, 11) is 2.24. The fourth-order valence-electron chi connectivity index (χ4n) is 3.77. The number of fused-ring (bicyclic) bond motifs is 3. The van der Waals surface area contributed by atoms with Crippen LogP contribution >= 0.6 is 11.3 Å². The van der Waals surface area contributed by atoms with Gasteiger partial charge in [-0.1, -0.05) is 27.2 Å². The molecule has 1 aliphatic carbocycles. The monoisotopic (exact) mass is 347 g/mol. The Morgan fingerprint density at radius 3 is 2.96 bits per heavy atom. The molecule has 0 fully saturated rings. The SMILES string of the molecule is CCCCn1cnc2sc3c(c2c1=O)CC[C@@H](N(C)CC(C)C)C3. The molecule has 24 heavy (non-hydrogen) atoms. The summed E-state index contributed by atoms with van der Waals surface area (Å²) in [5, 5.41) is 0.901. The molecule has 0 saturated carbocycles. The topological polar surface area (TPSA) is 38.1 Å². The van der Waals surface area contributed by atoms with Gasteiger partial charge in [0.25, 0.3) is 5.56 Å². The van der Waals surface area contributed by atoms with E-state index < -0.39 is 0 Å². The van der Waals surface area contributed by atoms with Gasteiger partial charge in [0, 0.05) is 24.0 Å². The molecule has 0 saturated heterocycles. The van der Waals surface area contributed by atoms with E-state index in [-0.39, 0.29) is 5.56 Å². The molecule has 0 spiro atoms. The molecule has 0 bridgehead atoms. The van der Waals surface area contributed by atoms with Crippen LogP contribution in [0.4, 0.5) is 0 Å². The molecule has 2 aromatic rings. The summed E-state index contributed by atoms with van der Waals surface area (Å²) in [6.07, 6.45) is 7.08. The van der Waals surface area contributed by atoms with Gasteiger partial charge in [0.1, 0.15) is 4.83 Å². The maximum absolute atomic E-state index is 12.8. The van der Waals surface area contributed by atoms with E-state index in [1.54, 1.807) is 22.2 Å². The van der Waals surface area contributed by atoms with Crippen LogP contribution in [0.1, 0.15) is 50.5 Å². The molecule has 1 aliphatic rings. The second-order valence-electron chi connectivity index (χ2n) is 7.51. The van der Waals surface area contributed by atoms with Crippen molar-refractivity contribution in [1.29, 1.82) is 0 Å². The zero-order valence-corrected chi connectivity index (χ0v) is 16.2. The summed E-state index contributed by atoms with van der Waals surface area (Å²) in [4.78, 5) is 22.2. The minimum absolute atomic E-state index is 0.167. The van der Waals surface area contributed by atoms with Gasteiger partial charge >= 0.3 is 0 Å². The molecule has 4 nitrogen and oxygen atoms in total. The second-order valence-corrected chi connectivity index (χ2v) is 8.59. The van der Waals surface area contributed by atoms with E-state index in [1.807, 2.05) is 0 Å². The zero-order valence-electron chi connectivity index (χ0n) is 15.3. The molecule has 2 aromatic heterocycles. The number of hydrogen-bond acceptors (Lipinski definition) is 4. The van der Waals surface area contributed by atoms with Gasteiger partial charge in [-0.2, -0.15) is 0 Å². The summed E-state index contributed by atoms with van der Waals surface area (Å²) in [5.41, 5.74) is 1.45. The van der Waals surface area contributed by atoms with Crippen LogP contribution in [-0.2, 0) is 19.4 Å². The standard InChI is InChI=1S/C19H29N3OS/c1-5-6-9-22-12-20-18-17(19(22)23)15-8-7-14(10-16(15)24-18)21(4)11-13(2)3/h12-14H,5-11H2,1-4H3/t14-/m1/s1. The first-order valence-corrected chi connectivity index (χ1v) is 10.0. The minimum atomic E-state index is 0.167. The first kappa shape index (κ1) is 17.6. The molecule has 0 aliphatic heterocycles. The number of rotatable bonds is 6. The summed E-state index contributed by atoms with van der Waals surface area (Å²) in [6, 6.07) is 0.593. The van der Waals surface area contributed by atoms with Crippen LogP contribution in [0.25, 0.3) is 10.2 Å². The molecule has 1 atom stereocenters. The van der Waals surface area contributed by atoms with Crippen LogP contribution in [0.2, 0.25) is 0 Å². The predicted molar refractivity (Wildman–Crippen MR) is 102 cm³/mol. The third-order valence-electron chi connectivity index (χ3n) is 5.04. The van der Waals surface area contributed by atoms with Crippen LogP contribution in [-0.4, -0.2) is 34.1 Å². The number of aromatic nitrogens is 2. The molecule has 5 heteroatoms. The Morgan fingerprint density at radius 2 is 2.25 bits per heavy atom. The Morgan fingerprint density at radius 1 is 1.46 bits per heavy atom. The van der Waals surface area contributed by atoms with Gasteiger partial charge < -0.3 is 4.90 Å². The highest BCUT2D eigenvalue weighted by atomic mass is 32.1. The molecule has 0 aromatic carbocycles. The summed E-state index contributed by atoms with van der Waals surface area (Å²) < 4.78 is 1.80. The quantitative estimate of drug-likeness (QED) is 0.799. The van der Waals surface area contributed by atoms with E-state index in [0.717, 1.165) is 55.4 Å². The molecular weight excluding hydrogens is 318 g/mol. The van der Waals surface area contributed by atoms with Crippen molar-refractivity contribution < 1.29 is 0 Å². The van der Waals surface area contributed by atoms with E-state index in [9.17, 15) is 4.79 Å². The van der Waals surface area contributed by atoms with E-state index in [0.29, 0.717) is 12.0 Å². The highest BCUT2D eigenvalue weighted by molar-refractivity contribution is 7.18. The molecule has 0 radical (unpaired) electrons. The fourth-order valence-corrected chi connectivity index (χ4v) is 5.02. The highest BCUT2D eigenvalue weighted by Gasteiger charge is 2.27. The lowest BCUT2D eigenvalue weighted by Crippen LogP contribution is -2.38. The van der Waals surface area contributed by atoms with Gasteiger partial charge in [-0.15, -0.1) is 11.3 Å². The maximum Gasteiger partial charge on any atom is 0.262 e. The summed E-state index contributed by atoms with van der Waals surface area (Å²) in [6.45, 7) is 8.60. The van der Waals surface area contributed by atoms with Crippen LogP contribution < -0.4 is 5.56 Å². The number of thiophene rings is 1. The van der Waals surface area contributed by atoms with Crippen molar-refractivity contribution in [2.75, 3.05) is 13.6 Å². The first-order chi connectivity index (χ1) is 11.5. The van der Waals surface area contributed by atoms with Crippen molar-refractivity contribution in [2.24, 2.45) is 5.92 Å². The van der Waals surface area contributed by atoms with Crippen molar-refractivity contribution in [2.45, 2.75) is 65.5 Å². The van der Waals surface area contributed by atoms with Crippen molar-refractivity contribution in [3.8, 4) is 0 Å². The maximum atomic E-state index is 12.8. The van der Waals surface area contributed by atoms with E-state index in [1.165, 1.54) is 10.4 Å². The van der Waals surface area contributed by atoms with Crippen LogP contribution in [0.3, 0.4) is 0 Å². The fraction of sp³-hybridized carbons (Fsp3) is 0.684. The normalized spacial score (nSPS) is 17.8. The first-order valence-electron chi connectivity index (χ1n) is 9.21. The Balaban J connectivity index is 1.90. The number of likely N-dealkylation sites (N-methyl/N-ethyl adjacent to an activating group) is 1. The Hall–Kier alpha value is -1.20. The molecule has 2 heterocycles. The van der Waals surface area contributed by atoms with Gasteiger partial charge in [-0.25, -0.2) is 4.98 Å². The minimum Gasteiger partial charge on any atom is -0.303 e.